The molecule has 0 aromatic heterocycles. The van der Waals surface area contributed by atoms with E-state index in [2.05, 4.69) is 5.32 Å². The minimum absolute atomic E-state index is 0.136. The lowest BCUT2D eigenvalue weighted by molar-refractivity contribution is -0.123. The molecule has 1 unspecified atom stereocenters. The summed E-state index contributed by atoms with van der Waals surface area (Å²) in [5.41, 5.74) is 6.95. The van der Waals surface area contributed by atoms with Crippen LogP contribution in [0.4, 0.5) is 11.4 Å². The monoisotopic (exact) mass is 352 g/mol. The Bertz CT molecular complexity index is 531. The number of amides is 1. The van der Waals surface area contributed by atoms with E-state index >= 15 is 0 Å². The molecule has 0 saturated carbocycles. The smallest absolute Gasteiger partial charge is 0.224 e. The number of hydrogen-bond acceptors (Lipinski definition) is 5. The van der Waals surface area contributed by atoms with Crippen LogP contribution in [0.25, 0.3) is 0 Å². The van der Waals surface area contributed by atoms with Gasteiger partial charge in [-0.1, -0.05) is 34.1 Å². The Hall–Kier alpha value is -1.14. The maximum absolute atomic E-state index is 11.8. The number of carbonyl (C=O) groups excluding carboxylic acids is 2. The van der Waals surface area contributed by atoms with Crippen LogP contribution in [0.2, 0.25) is 0 Å². The van der Waals surface area contributed by atoms with Crippen LogP contribution < -0.4 is 11.1 Å². The van der Waals surface area contributed by atoms with Gasteiger partial charge in [-0.2, -0.15) is 0 Å². The van der Waals surface area contributed by atoms with Crippen LogP contribution in [0.1, 0.15) is 44.9 Å². The molecule has 4 nitrogen and oxygen atoms in total. The van der Waals surface area contributed by atoms with E-state index in [1.807, 2.05) is 21.6 Å². The maximum atomic E-state index is 11.8. The standard InChI is InChI=1S/C17H24N2O2S2/c18-13-4-3-5-14(12-13)19-17(21)9-8-15(20)6-1-2-7-16-10-11-22-23-16/h3-5,12,16H,1-2,6-11,18H2,(H,19,21). The first-order valence-electron chi connectivity index (χ1n) is 8.09. The molecule has 0 radical (unpaired) electrons. The number of hydrogen-bond donors (Lipinski definition) is 2. The highest BCUT2D eigenvalue weighted by atomic mass is 33.1. The highest BCUT2D eigenvalue weighted by Gasteiger charge is 2.16. The fourth-order valence-corrected chi connectivity index (χ4v) is 5.50. The van der Waals surface area contributed by atoms with Gasteiger partial charge in [-0.15, -0.1) is 0 Å². The molecular formula is C17H24N2O2S2. The zero-order valence-electron chi connectivity index (χ0n) is 13.3. The number of nitrogens with one attached hydrogen (secondary N) is 1. The summed E-state index contributed by atoms with van der Waals surface area (Å²) in [6.07, 6.45) is 5.71. The number of unbranched alkanes of at least 4 members (excludes halogenated alkanes) is 1. The van der Waals surface area contributed by atoms with E-state index in [0.29, 0.717) is 24.2 Å². The summed E-state index contributed by atoms with van der Waals surface area (Å²) in [4.78, 5) is 23.7. The predicted molar refractivity (Wildman–Crippen MR) is 101 cm³/mol. The number of anilines is 2. The van der Waals surface area contributed by atoms with E-state index < -0.39 is 0 Å². The van der Waals surface area contributed by atoms with Crippen molar-refractivity contribution in [3.8, 4) is 0 Å². The Morgan fingerprint density at radius 1 is 1.22 bits per heavy atom. The van der Waals surface area contributed by atoms with Gasteiger partial charge >= 0.3 is 0 Å². The van der Waals surface area contributed by atoms with Gasteiger partial charge in [0.05, 0.1) is 0 Å². The average molecular weight is 353 g/mol. The molecule has 0 bridgehead atoms. The third kappa shape index (κ3) is 7.31. The number of nitrogen functional groups attached to an aromatic ring is 1. The second-order valence-corrected chi connectivity index (χ2v) is 8.57. The summed E-state index contributed by atoms with van der Waals surface area (Å²) in [5.74, 6) is 1.31. The minimum Gasteiger partial charge on any atom is -0.399 e. The van der Waals surface area contributed by atoms with E-state index in [1.54, 1.807) is 24.3 Å². The van der Waals surface area contributed by atoms with E-state index in [4.69, 9.17) is 5.73 Å². The van der Waals surface area contributed by atoms with Crippen LogP contribution in [0.15, 0.2) is 24.3 Å². The molecule has 1 aliphatic heterocycles. The maximum Gasteiger partial charge on any atom is 0.224 e. The first-order valence-corrected chi connectivity index (χ1v) is 10.5. The normalized spacial score (nSPS) is 17.1. The zero-order valence-corrected chi connectivity index (χ0v) is 14.9. The number of nitrogens with two attached hydrogens (primary N) is 1. The van der Waals surface area contributed by atoms with Crippen molar-refractivity contribution in [3.63, 3.8) is 0 Å². The number of ketones is 1. The summed E-state index contributed by atoms with van der Waals surface area (Å²) in [5, 5.41) is 3.54. The van der Waals surface area contributed by atoms with Crippen LogP contribution in [0.3, 0.4) is 0 Å². The van der Waals surface area contributed by atoms with Crippen molar-refractivity contribution in [3.05, 3.63) is 24.3 Å². The molecule has 1 heterocycles. The molecule has 3 N–H and O–H groups in total. The van der Waals surface area contributed by atoms with E-state index in [1.165, 1.54) is 18.6 Å². The van der Waals surface area contributed by atoms with Gasteiger partial charge in [0.2, 0.25) is 5.91 Å². The molecule has 1 fully saturated rings. The quantitative estimate of drug-likeness (QED) is 0.394. The summed E-state index contributed by atoms with van der Waals surface area (Å²) >= 11 is 0. The van der Waals surface area contributed by atoms with E-state index in [-0.39, 0.29) is 18.1 Å². The molecule has 1 atom stereocenters. The highest BCUT2D eigenvalue weighted by molar-refractivity contribution is 8.77. The molecule has 2 rings (SSSR count). The van der Waals surface area contributed by atoms with Crippen molar-refractivity contribution >= 4 is 44.7 Å². The Balaban J connectivity index is 1.55. The lowest BCUT2D eigenvalue weighted by atomic mass is 10.1. The Morgan fingerprint density at radius 2 is 2.09 bits per heavy atom. The first-order chi connectivity index (χ1) is 11.1. The Morgan fingerprint density at radius 3 is 2.83 bits per heavy atom. The fraction of sp³-hybridized carbons (Fsp3) is 0.529. The summed E-state index contributed by atoms with van der Waals surface area (Å²) in [6.45, 7) is 0. The van der Waals surface area contributed by atoms with Gasteiger partial charge < -0.3 is 11.1 Å². The van der Waals surface area contributed by atoms with E-state index in [0.717, 1.165) is 18.1 Å². The van der Waals surface area contributed by atoms with Crippen molar-refractivity contribution in [1.29, 1.82) is 0 Å². The molecule has 0 aliphatic carbocycles. The summed E-state index contributed by atoms with van der Waals surface area (Å²) < 4.78 is 0. The van der Waals surface area contributed by atoms with Gasteiger partial charge in [0.25, 0.3) is 0 Å². The second kappa shape index (κ2) is 9.88. The topological polar surface area (TPSA) is 72.2 Å². The molecule has 1 saturated heterocycles. The van der Waals surface area contributed by atoms with Gasteiger partial charge in [-0.05, 0) is 37.5 Å². The van der Waals surface area contributed by atoms with Crippen LogP contribution in [0.5, 0.6) is 0 Å². The molecule has 23 heavy (non-hydrogen) atoms. The third-order valence-corrected chi connectivity index (χ3v) is 6.77. The third-order valence-electron chi connectivity index (χ3n) is 3.76. The number of Topliss-reactive ketones (excluding diaryl/α,β-unsaturated/α-hetero) is 1. The van der Waals surface area contributed by atoms with Crippen molar-refractivity contribution in [1.82, 2.24) is 0 Å². The number of benzene rings is 1. The Labute approximate surface area is 145 Å². The van der Waals surface area contributed by atoms with Gasteiger partial charge in [0.15, 0.2) is 0 Å². The molecule has 1 aromatic rings. The summed E-state index contributed by atoms with van der Waals surface area (Å²) in [7, 11) is 3.94. The van der Waals surface area contributed by atoms with Gasteiger partial charge in [0.1, 0.15) is 5.78 Å². The van der Waals surface area contributed by atoms with Crippen LogP contribution in [-0.4, -0.2) is 22.7 Å². The van der Waals surface area contributed by atoms with Crippen molar-refractivity contribution in [2.45, 2.75) is 50.2 Å². The predicted octanol–water partition coefficient (Wildman–Crippen LogP) is 4.27. The summed E-state index contributed by atoms with van der Waals surface area (Å²) in [6, 6.07) is 7.05. The number of rotatable bonds is 9. The Kier molecular flexibility index (Phi) is 7.82. The lowest BCUT2D eigenvalue weighted by Gasteiger charge is -2.07. The van der Waals surface area contributed by atoms with Crippen LogP contribution in [-0.2, 0) is 9.59 Å². The molecule has 0 spiro atoms. The molecular weight excluding hydrogens is 328 g/mol. The second-order valence-electron chi connectivity index (χ2n) is 5.79. The SMILES string of the molecule is Nc1cccc(NC(=O)CCC(=O)CCCCC2CCSS2)c1. The van der Waals surface area contributed by atoms with Crippen LogP contribution in [0, 0.1) is 0 Å². The molecule has 1 amide bonds. The van der Waals surface area contributed by atoms with Crippen molar-refractivity contribution in [2.75, 3.05) is 16.8 Å². The minimum atomic E-state index is -0.136. The highest BCUT2D eigenvalue weighted by Crippen LogP contribution is 2.39. The number of carbonyl (C=O) groups is 2. The molecule has 6 heteroatoms. The lowest BCUT2D eigenvalue weighted by Crippen LogP contribution is -2.13. The van der Waals surface area contributed by atoms with Crippen molar-refractivity contribution < 1.29 is 9.59 Å². The molecule has 1 aromatic carbocycles. The molecule has 1 aliphatic rings. The fourth-order valence-electron chi connectivity index (χ4n) is 2.48. The van der Waals surface area contributed by atoms with Gasteiger partial charge in [-0.25, -0.2) is 0 Å². The first kappa shape index (κ1) is 18.2. The van der Waals surface area contributed by atoms with Crippen LogP contribution >= 0.6 is 21.6 Å². The molecule has 126 valence electrons. The average Bonchev–Trinajstić information content (AvgIpc) is 3.03. The largest absolute Gasteiger partial charge is 0.399 e. The van der Waals surface area contributed by atoms with Gasteiger partial charge in [0, 0.05) is 41.6 Å². The van der Waals surface area contributed by atoms with Crippen molar-refractivity contribution in [2.24, 2.45) is 0 Å². The van der Waals surface area contributed by atoms with E-state index in [9.17, 15) is 9.59 Å². The zero-order chi connectivity index (χ0) is 16.5. The van der Waals surface area contributed by atoms with Gasteiger partial charge in [-0.3, -0.25) is 9.59 Å².